The number of likely N-dealkylation sites (N-methyl/N-ethyl adjacent to an activating group) is 1. The summed E-state index contributed by atoms with van der Waals surface area (Å²) in [5.74, 6) is 0.517. The van der Waals surface area contributed by atoms with Gasteiger partial charge in [-0.3, -0.25) is 4.79 Å². The Hall–Kier alpha value is -4.04. The van der Waals surface area contributed by atoms with E-state index in [1.165, 1.54) is 0 Å². The molecule has 0 atom stereocenters. The molecule has 5 rings (SSSR count). The third kappa shape index (κ3) is 4.67. The number of anilines is 2. The van der Waals surface area contributed by atoms with Crippen molar-refractivity contribution in [2.75, 3.05) is 38.5 Å². The molecule has 0 aliphatic carbocycles. The number of carbonyl (C=O) groups is 1. The molecule has 1 fully saturated rings. The molecule has 8 nitrogen and oxygen atoms in total. The van der Waals surface area contributed by atoms with E-state index in [1.54, 1.807) is 12.4 Å². The van der Waals surface area contributed by atoms with Gasteiger partial charge in [0, 0.05) is 43.6 Å². The van der Waals surface area contributed by atoms with E-state index in [9.17, 15) is 4.79 Å². The minimum atomic E-state index is 0.0567. The highest BCUT2D eigenvalue weighted by Gasteiger charge is 2.21. The van der Waals surface area contributed by atoms with Crippen LogP contribution in [0.3, 0.4) is 0 Å². The summed E-state index contributed by atoms with van der Waals surface area (Å²) in [6.07, 6.45) is 3.48. The van der Waals surface area contributed by atoms with E-state index in [2.05, 4.69) is 27.3 Å². The van der Waals surface area contributed by atoms with Crippen LogP contribution in [0.5, 0.6) is 0 Å². The van der Waals surface area contributed by atoms with Crippen LogP contribution in [0.1, 0.15) is 15.9 Å². The van der Waals surface area contributed by atoms with Gasteiger partial charge in [-0.2, -0.15) is 5.10 Å². The SMILES string of the molecule is Cc1cc(Nc2nccc(-c3ccnn3-c3ccccc3)n2)cc(C(=O)N2CCN(C)CC2)c1. The van der Waals surface area contributed by atoms with Gasteiger partial charge in [-0.15, -0.1) is 0 Å². The zero-order chi connectivity index (χ0) is 23.5. The van der Waals surface area contributed by atoms with E-state index in [0.717, 1.165) is 54.5 Å². The molecule has 8 heteroatoms. The Morgan fingerprint density at radius 2 is 1.74 bits per heavy atom. The standard InChI is InChI=1S/C26H27N7O/c1-19-16-20(25(34)32-14-12-31(2)13-15-32)18-21(17-19)29-26-27-10-8-23(30-26)24-9-11-28-33(24)22-6-4-3-5-7-22/h3-11,16-18H,12-15H2,1-2H3,(H,27,29,30). The molecule has 3 heterocycles. The summed E-state index contributed by atoms with van der Waals surface area (Å²) in [5.41, 5.74) is 5.03. The summed E-state index contributed by atoms with van der Waals surface area (Å²) in [4.78, 5) is 26.3. The number of rotatable bonds is 5. The van der Waals surface area contributed by atoms with Crippen LogP contribution in [0.4, 0.5) is 11.6 Å². The van der Waals surface area contributed by atoms with Crippen molar-refractivity contribution in [1.29, 1.82) is 0 Å². The Balaban J connectivity index is 1.39. The molecule has 0 saturated carbocycles. The van der Waals surface area contributed by atoms with Crippen molar-refractivity contribution >= 4 is 17.5 Å². The van der Waals surface area contributed by atoms with Crippen molar-refractivity contribution in [3.63, 3.8) is 0 Å². The molecule has 34 heavy (non-hydrogen) atoms. The second-order valence-electron chi connectivity index (χ2n) is 8.54. The highest BCUT2D eigenvalue weighted by Crippen LogP contribution is 2.23. The lowest BCUT2D eigenvalue weighted by Crippen LogP contribution is -2.47. The second kappa shape index (κ2) is 9.44. The molecule has 1 N–H and O–H groups in total. The van der Waals surface area contributed by atoms with E-state index in [1.807, 2.05) is 77.2 Å². The highest BCUT2D eigenvalue weighted by atomic mass is 16.2. The van der Waals surface area contributed by atoms with Crippen LogP contribution in [-0.4, -0.2) is 68.7 Å². The molecule has 4 aromatic rings. The van der Waals surface area contributed by atoms with Gasteiger partial charge in [0.15, 0.2) is 0 Å². The van der Waals surface area contributed by atoms with Crippen molar-refractivity contribution in [3.05, 3.63) is 84.2 Å². The van der Waals surface area contributed by atoms with Gasteiger partial charge in [-0.1, -0.05) is 18.2 Å². The molecule has 2 aromatic carbocycles. The zero-order valence-electron chi connectivity index (χ0n) is 19.3. The van der Waals surface area contributed by atoms with Gasteiger partial charge in [0.1, 0.15) is 0 Å². The molecule has 0 unspecified atom stereocenters. The number of nitrogens with zero attached hydrogens (tertiary/aromatic N) is 6. The summed E-state index contributed by atoms with van der Waals surface area (Å²) in [6.45, 7) is 5.26. The number of hydrogen-bond donors (Lipinski definition) is 1. The molecule has 1 aliphatic rings. The zero-order valence-corrected chi connectivity index (χ0v) is 19.3. The van der Waals surface area contributed by atoms with Crippen LogP contribution in [0.2, 0.25) is 0 Å². The van der Waals surface area contributed by atoms with Crippen molar-refractivity contribution in [2.24, 2.45) is 0 Å². The number of nitrogens with one attached hydrogen (secondary N) is 1. The molecule has 0 spiro atoms. The molecule has 1 aliphatic heterocycles. The average Bonchev–Trinajstić information content (AvgIpc) is 3.35. The van der Waals surface area contributed by atoms with Gasteiger partial charge in [0.05, 0.1) is 23.3 Å². The number of hydrogen-bond acceptors (Lipinski definition) is 6. The smallest absolute Gasteiger partial charge is 0.254 e. The van der Waals surface area contributed by atoms with Crippen LogP contribution in [0, 0.1) is 6.92 Å². The van der Waals surface area contributed by atoms with Crippen LogP contribution in [-0.2, 0) is 0 Å². The Labute approximate surface area is 198 Å². The van der Waals surface area contributed by atoms with E-state index in [0.29, 0.717) is 11.5 Å². The number of amides is 1. The van der Waals surface area contributed by atoms with Crippen molar-refractivity contribution in [1.82, 2.24) is 29.5 Å². The topological polar surface area (TPSA) is 79.2 Å². The molecule has 172 valence electrons. The summed E-state index contributed by atoms with van der Waals surface area (Å²) in [5, 5.41) is 7.74. The fraction of sp³-hybridized carbons (Fsp3) is 0.231. The minimum Gasteiger partial charge on any atom is -0.336 e. The number of carbonyl (C=O) groups excluding carboxylic acids is 1. The predicted octanol–water partition coefficient (Wildman–Crippen LogP) is 3.77. The molecule has 0 bridgehead atoms. The third-order valence-electron chi connectivity index (χ3n) is 5.93. The highest BCUT2D eigenvalue weighted by molar-refractivity contribution is 5.95. The Kier molecular flexibility index (Phi) is 6.05. The lowest BCUT2D eigenvalue weighted by Gasteiger charge is -2.32. The summed E-state index contributed by atoms with van der Waals surface area (Å²) in [7, 11) is 2.08. The fourth-order valence-corrected chi connectivity index (χ4v) is 4.13. The van der Waals surface area contributed by atoms with Gasteiger partial charge in [0.25, 0.3) is 5.91 Å². The fourth-order valence-electron chi connectivity index (χ4n) is 4.13. The van der Waals surface area contributed by atoms with Gasteiger partial charge < -0.3 is 15.1 Å². The van der Waals surface area contributed by atoms with Crippen LogP contribution in [0.15, 0.2) is 73.1 Å². The quantitative estimate of drug-likeness (QED) is 0.496. The van der Waals surface area contributed by atoms with E-state index in [4.69, 9.17) is 4.98 Å². The first kappa shape index (κ1) is 21.8. The Bertz CT molecular complexity index is 1290. The first-order valence-corrected chi connectivity index (χ1v) is 11.4. The van der Waals surface area contributed by atoms with E-state index >= 15 is 0 Å². The Morgan fingerprint density at radius 1 is 0.941 bits per heavy atom. The number of aromatic nitrogens is 4. The van der Waals surface area contributed by atoms with Crippen LogP contribution < -0.4 is 5.32 Å². The molecular weight excluding hydrogens is 426 g/mol. The molecule has 0 radical (unpaired) electrons. The van der Waals surface area contributed by atoms with Crippen LogP contribution >= 0.6 is 0 Å². The molecule has 1 saturated heterocycles. The monoisotopic (exact) mass is 453 g/mol. The third-order valence-corrected chi connectivity index (χ3v) is 5.93. The lowest BCUT2D eigenvalue weighted by molar-refractivity contribution is 0.0664. The normalized spacial score (nSPS) is 14.2. The maximum absolute atomic E-state index is 13.1. The minimum absolute atomic E-state index is 0.0567. The number of piperazine rings is 1. The maximum atomic E-state index is 13.1. The summed E-state index contributed by atoms with van der Waals surface area (Å²) >= 11 is 0. The van der Waals surface area contributed by atoms with Gasteiger partial charge in [0.2, 0.25) is 5.95 Å². The summed E-state index contributed by atoms with van der Waals surface area (Å²) in [6, 6.07) is 19.5. The molecule has 2 aromatic heterocycles. The van der Waals surface area contributed by atoms with Gasteiger partial charge in [-0.25, -0.2) is 14.6 Å². The second-order valence-corrected chi connectivity index (χ2v) is 8.54. The predicted molar refractivity (Wildman–Crippen MR) is 132 cm³/mol. The largest absolute Gasteiger partial charge is 0.336 e. The van der Waals surface area contributed by atoms with E-state index in [-0.39, 0.29) is 5.91 Å². The van der Waals surface area contributed by atoms with Crippen LogP contribution in [0.25, 0.3) is 17.1 Å². The van der Waals surface area contributed by atoms with E-state index < -0.39 is 0 Å². The van der Waals surface area contributed by atoms with Crippen molar-refractivity contribution in [2.45, 2.75) is 6.92 Å². The van der Waals surface area contributed by atoms with Crippen molar-refractivity contribution in [3.8, 4) is 17.1 Å². The molecular formula is C26H27N7O. The van der Waals surface area contributed by atoms with Gasteiger partial charge >= 0.3 is 0 Å². The Morgan fingerprint density at radius 3 is 2.53 bits per heavy atom. The van der Waals surface area contributed by atoms with Gasteiger partial charge in [-0.05, 0) is 62.0 Å². The first-order chi connectivity index (χ1) is 16.6. The maximum Gasteiger partial charge on any atom is 0.254 e. The number of para-hydroxylation sites is 1. The molecule has 1 amide bonds. The number of benzene rings is 2. The summed E-state index contributed by atoms with van der Waals surface area (Å²) < 4.78 is 1.85. The average molecular weight is 454 g/mol. The number of aryl methyl sites for hydroxylation is 1. The van der Waals surface area contributed by atoms with Crippen molar-refractivity contribution < 1.29 is 4.79 Å². The first-order valence-electron chi connectivity index (χ1n) is 11.4. The lowest BCUT2D eigenvalue weighted by atomic mass is 10.1.